The summed E-state index contributed by atoms with van der Waals surface area (Å²) in [4.78, 5) is 26.4. The highest BCUT2D eigenvalue weighted by atomic mass is 32.2. The van der Waals surface area contributed by atoms with Gasteiger partial charge < -0.3 is 4.98 Å². The topological polar surface area (TPSA) is 109 Å². The molecule has 1 heterocycles. The molecule has 102 valence electrons. The second-order valence-electron chi connectivity index (χ2n) is 4.17. The number of nitrogens with one attached hydrogen (secondary N) is 1. The van der Waals surface area contributed by atoms with E-state index in [9.17, 15) is 18.0 Å². The molecule has 0 aliphatic rings. The van der Waals surface area contributed by atoms with Gasteiger partial charge in [-0.1, -0.05) is 12.1 Å². The molecule has 0 fully saturated rings. The summed E-state index contributed by atoms with van der Waals surface area (Å²) in [6.45, 7) is 1.36. The largest absolute Gasteiger partial charge is 0.328 e. The van der Waals surface area contributed by atoms with Crippen LogP contribution >= 0.6 is 0 Å². The van der Waals surface area contributed by atoms with Crippen LogP contribution in [-0.2, 0) is 16.7 Å². The molecule has 2 N–H and O–H groups in total. The summed E-state index contributed by atoms with van der Waals surface area (Å²) < 4.78 is 30.8. The van der Waals surface area contributed by atoms with Gasteiger partial charge in [-0.15, -0.1) is 0 Å². The summed E-state index contributed by atoms with van der Waals surface area (Å²) in [6, 6.07) is 4.97. The number of para-hydroxylation sites is 1. The first-order valence-electron chi connectivity index (χ1n) is 5.47. The first-order chi connectivity index (χ1) is 8.79. The minimum Gasteiger partial charge on any atom is -0.306 e. The van der Waals surface area contributed by atoms with Gasteiger partial charge in [0.05, 0.1) is 16.7 Å². The molecule has 0 amide bonds. The van der Waals surface area contributed by atoms with Crippen LogP contribution in [0.4, 0.5) is 0 Å². The van der Waals surface area contributed by atoms with Gasteiger partial charge in [0.2, 0.25) is 0 Å². The van der Waals surface area contributed by atoms with E-state index in [2.05, 4.69) is 4.98 Å². The normalized spacial score (nSPS) is 11.9. The van der Waals surface area contributed by atoms with Crippen molar-refractivity contribution in [2.24, 2.45) is 0 Å². The molecule has 8 heteroatoms. The monoisotopic (exact) mass is 284 g/mol. The number of aryl methyl sites for hydroxylation is 1. The van der Waals surface area contributed by atoms with Crippen molar-refractivity contribution in [3.05, 3.63) is 44.6 Å². The van der Waals surface area contributed by atoms with Crippen LogP contribution in [-0.4, -0.2) is 28.3 Å². The summed E-state index contributed by atoms with van der Waals surface area (Å²) in [5.74, 6) is -0.687. The molecule has 19 heavy (non-hydrogen) atoms. The molecule has 2 rings (SSSR count). The van der Waals surface area contributed by atoms with E-state index in [0.29, 0.717) is 10.9 Å². The minimum absolute atomic E-state index is 0.301. The van der Waals surface area contributed by atoms with Gasteiger partial charge in [0, 0.05) is 6.54 Å². The van der Waals surface area contributed by atoms with Crippen molar-refractivity contribution in [1.29, 1.82) is 0 Å². The summed E-state index contributed by atoms with van der Waals surface area (Å²) in [5, 5.41) is 0.301. The van der Waals surface area contributed by atoms with Crippen LogP contribution in [0.3, 0.4) is 0 Å². The summed E-state index contributed by atoms with van der Waals surface area (Å²) in [5.41, 5.74) is -0.101. The van der Waals surface area contributed by atoms with Gasteiger partial charge in [-0.3, -0.25) is 13.9 Å². The van der Waals surface area contributed by atoms with Crippen molar-refractivity contribution < 1.29 is 13.0 Å². The van der Waals surface area contributed by atoms with Crippen LogP contribution in [0.15, 0.2) is 27.8 Å². The van der Waals surface area contributed by atoms with Crippen LogP contribution in [0.2, 0.25) is 0 Å². The number of aromatic amines is 1. The third kappa shape index (κ3) is 2.74. The zero-order valence-electron chi connectivity index (χ0n) is 10.1. The molecular formula is C11H12N2O5S. The third-order valence-corrected chi connectivity index (χ3v) is 3.50. The number of benzene rings is 1. The Bertz CT molecular complexity index is 847. The number of fused-ring (bicyclic) bond motifs is 1. The van der Waals surface area contributed by atoms with Crippen molar-refractivity contribution >= 4 is 21.0 Å². The number of H-pyrrole nitrogens is 1. The summed E-state index contributed by atoms with van der Waals surface area (Å²) in [6.07, 6.45) is 0. The lowest BCUT2D eigenvalue weighted by molar-refractivity contribution is 0.477. The van der Waals surface area contributed by atoms with E-state index < -0.39 is 33.7 Å². The average molecular weight is 284 g/mol. The summed E-state index contributed by atoms with van der Waals surface area (Å²) >= 11 is 0. The fraction of sp³-hybridized carbons (Fsp3) is 0.273. The van der Waals surface area contributed by atoms with Crippen molar-refractivity contribution in [3.8, 4) is 0 Å². The Labute approximate surface area is 108 Å². The van der Waals surface area contributed by atoms with E-state index in [0.717, 1.165) is 10.1 Å². The number of aromatic nitrogens is 2. The number of hydrogen-bond donors (Lipinski definition) is 2. The van der Waals surface area contributed by atoms with Crippen LogP contribution in [0.1, 0.15) is 5.56 Å². The number of rotatable bonds is 3. The van der Waals surface area contributed by atoms with Crippen LogP contribution in [0, 0.1) is 6.92 Å². The Morgan fingerprint density at radius 1 is 1.32 bits per heavy atom. The fourth-order valence-electron chi connectivity index (χ4n) is 1.83. The second kappa shape index (κ2) is 4.63. The predicted octanol–water partition coefficient (Wildman–Crippen LogP) is -0.114. The van der Waals surface area contributed by atoms with E-state index >= 15 is 0 Å². The van der Waals surface area contributed by atoms with Crippen molar-refractivity contribution in [2.45, 2.75) is 13.5 Å². The molecular weight excluding hydrogens is 272 g/mol. The molecule has 0 spiro atoms. The SMILES string of the molecule is Cc1cccc2c(=O)n(CCS(=O)(=O)O)c(=O)[nH]c12. The second-order valence-corrected chi connectivity index (χ2v) is 5.74. The van der Waals surface area contributed by atoms with Crippen LogP contribution < -0.4 is 11.2 Å². The van der Waals surface area contributed by atoms with E-state index in [4.69, 9.17) is 4.55 Å². The molecule has 0 aliphatic heterocycles. The molecule has 0 aliphatic carbocycles. The van der Waals surface area contributed by atoms with Gasteiger partial charge in [0.1, 0.15) is 0 Å². The maximum atomic E-state index is 12.1. The molecule has 0 bridgehead atoms. The van der Waals surface area contributed by atoms with E-state index in [1.807, 2.05) is 0 Å². The highest BCUT2D eigenvalue weighted by Crippen LogP contribution is 2.09. The summed E-state index contributed by atoms with van der Waals surface area (Å²) in [7, 11) is -4.23. The molecule has 0 atom stereocenters. The van der Waals surface area contributed by atoms with Gasteiger partial charge in [-0.05, 0) is 18.6 Å². The highest BCUT2D eigenvalue weighted by Gasteiger charge is 2.11. The van der Waals surface area contributed by atoms with Crippen LogP contribution in [0.5, 0.6) is 0 Å². The molecule has 0 saturated carbocycles. The van der Waals surface area contributed by atoms with Crippen molar-refractivity contribution in [2.75, 3.05) is 5.75 Å². The predicted molar refractivity (Wildman–Crippen MR) is 70.0 cm³/mol. The lowest BCUT2D eigenvalue weighted by atomic mass is 10.1. The maximum absolute atomic E-state index is 12.1. The van der Waals surface area contributed by atoms with Crippen LogP contribution in [0.25, 0.3) is 10.9 Å². The maximum Gasteiger partial charge on any atom is 0.328 e. The molecule has 1 aromatic carbocycles. The Hall–Kier alpha value is -1.93. The fourth-order valence-corrected chi connectivity index (χ4v) is 2.25. The van der Waals surface area contributed by atoms with E-state index in [1.54, 1.807) is 25.1 Å². The first-order valence-corrected chi connectivity index (χ1v) is 7.08. The third-order valence-electron chi connectivity index (χ3n) is 2.80. The van der Waals surface area contributed by atoms with Gasteiger partial charge in [-0.2, -0.15) is 8.42 Å². The smallest absolute Gasteiger partial charge is 0.306 e. The molecule has 0 saturated heterocycles. The molecule has 0 unspecified atom stereocenters. The Balaban J connectivity index is 2.64. The molecule has 0 radical (unpaired) electrons. The first kappa shape index (κ1) is 13.5. The standard InChI is InChI=1S/C11H12N2O5S/c1-7-3-2-4-8-9(7)12-11(15)13(10(8)14)5-6-19(16,17)18/h2-4H,5-6H2,1H3,(H,12,15)(H,16,17,18). The average Bonchev–Trinajstić information content (AvgIpc) is 2.29. The lowest BCUT2D eigenvalue weighted by Crippen LogP contribution is -2.37. The van der Waals surface area contributed by atoms with Gasteiger partial charge in [0.15, 0.2) is 0 Å². The molecule has 1 aromatic heterocycles. The number of hydrogen-bond acceptors (Lipinski definition) is 4. The minimum atomic E-state index is -4.23. The number of nitrogens with zero attached hydrogens (tertiary/aromatic N) is 1. The molecule has 2 aromatic rings. The highest BCUT2D eigenvalue weighted by molar-refractivity contribution is 7.85. The van der Waals surface area contributed by atoms with Gasteiger partial charge in [0.25, 0.3) is 15.7 Å². The van der Waals surface area contributed by atoms with Gasteiger partial charge >= 0.3 is 5.69 Å². The quantitative estimate of drug-likeness (QED) is 0.764. The zero-order chi connectivity index (χ0) is 14.2. The Morgan fingerprint density at radius 3 is 2.63 bits per heavy atom. The van der Waals surface area contributed by atoms with Gasteiger partial charge in [-0.25, -0.2) is 4.79 Å². The van der Waals surface area contributed by atoms with E-state index in [-0.39, 0.29) is 0 Å². The Morgan fingerprint density at radius 2 is 2.00 bits per heavy atom. The Kier molecular flexibility index (Phi) is 3.29. The van der Waals surface area contributed by atoms with Crippen molar-refractivity contribution in [1.82, 2.24) is 9.55 Å². The lowest BCUT2D eigenvalue weighted by Gasteiger charge is -2.06. The molecule has 7 nitrogen and oxygen atoms in total. The van der Waals surface area contributed by atoms with E-state index in [1.165, 1.54) is 0 Å². The van der Waals surface area contributed by atoms with Crippen molar-refractivity contribution in [3.63, 3.8) is 0 Å². The zero-order valence-corrected chi connectivity index (χ0v) is 10.9.